The smallest absolute Gasteiger partial charge is 0.343 e. The summed E-state index contributed by atoms with van der Waals surface area (Å²) in [5.41, 5.74) is 2.24. The fourth-order valence-corrected chi connectivity index (χ4v) is 12.7. The van der Waals surface area contributed by atoms with E-state index >= 15 is 4.39 Å². The summed E-state index contributed by atoms with van der Waals surface area (Å²) >= 11 is 0. The Kier molecular flexibility index (Phi) is 17.4. The molecule has 3 saturated carbocycles. The molecule has 0 bridgehead atoms. The summed E-state index contributed by atoms with van der Waals surface area (Å²) < 4.78 is 32.8. The highest BCUT2D eigenvalue weighted by Gasteiger charge is 2.59. The molecule has 0 N–H and O–H groups in total. The molecule has 0 saturated heterocycles. The number of rotatable bonds is 23. The Morgan fingerprint density at radius 3 is 2.08 bits per heavy atom. The molecule has 0 unspecified atom stereocenters. The largest absolute Gasteiger partial charge is 0.494 e. The van der Waals surface area contributed by atoms with Crippen molar-refractivity contribution >= 4 is 11.9 Å². The van der Waals surface area contributed by atoms with E-state index in [2.05, 4.69) is 47.6 Å². The van der Waals surface area contributed by atoms with Crippen LogP contribution in [-0.2, 0) is 4.74 Å². The Hall–Kier alpha value is -3.15. The summed E-state index contributed by atoms with van der Waals surface area (Å²) in [7, 11) is 0. The van der Waals surface area contributed by atoms with Crippen molar-refractivity contribution in [1.29, 1.82) is 0 Å². The maximum atomic E-state index is 15.4. The fraction of sp³-hybridized carbons (Fsp3) is 0.709. The third kappa shape index (κ3) is 12.1. The van der Waals surface area contributed by atoms with E-state index in [9.17, 15) is 9.59 Å². The van der Waals surface area contributed by atoms with Crippen LogP contribution in [0.3, 0.4) is 0 Å². The van der Waals surface area contributed by atoms with E-state index < -0.39 is 17.8 Å². The monoisotopic (exact) mass is 841 g/mol. The quantitative estimate of drug-likeness (QED) is 0.0483. The molecule has 2 aromatic rings. The normalized spacial score (nSPS) is 27.4. The molecule has 4 aliphatic carbocycles. The average Bonchev–Trinajstić information content (AvgIpc) is 3.60. The maximum Gasteiger partial charge on any atom is 0.343 e. The third-order valence-electron chi connectivity index (χ3n) is 16.3. The van der Waals surface area contributed by atoms with Gasteiger partial charge in [-0.05, 0) is 134 Å². The van der Waals surface area contributed by atoms with E-state index in [1.807, 2.05) is 0 Å². The molecule has 4 aliphatic rings. The topological polar surface area (TPSA) is 61.8 Å². The third-order valence-corrected chi connectivity index (χ3v) is 16.3. The van der Waals surface area contributed by atoms with Crippen molar-refractivity contribution in [3.8, 4) is 11.5 Å². The molecule has 6 rings (SSSR count). The zero-order chi connectivity index (χ0) is 43.4. The van der Waals surface area contributed by atoms with Crippen LogP contribution in [0.2, 0.25) is 0 Å². The molecule has 338 valence electrons. The van der Waals surface area contributed by atoms with Gasteiger partial charge >= 0.3 is 11.9 Å². The van der Waals surface area contributed by atoms with Crippen LogP contribution in [0.15, 0.2) is 54.1 Å². The second kappa shape index (κ2) is 22.5. The first kappa shape index (κ1) is 47.3. The van der Waals surface area contributed by atoms with Crippen LogP contribution in [0.4, 0.5) is 4.39 Å². The molecule has 8 atom stereocenters. The van der Waals surface area contributed by atoms with Gasteiger partial charge in [-0.1, -0.05) is 143 Å². The Labute approximate surface area is 369 Å². The molecule has 61 heavy (non-hydrogen) atoms. The number of unbranched alkanes of at least 4 members (excludes halogenated alkanes) is 11. The zero-order valence-corrected chi connectivity index (χ0v) is 39.1. The number of fused-ring (bicyclic) bond motifs is 5. The van der Waals surface area contributed by atoms with Crippen LogP contribution in [0.1, 0.15) is 210 Å². The number of ether oxygens (including phenoxy) is 3. The first-order valence-corrected chi connectivity index (χ1v) is 25.1. The Morgan fingerprint density at radius 1 is 0.738 bits per heavy atom. The number of benzene rings is 2. The van der Waals surface area contributed by atoms with Crippen molar-refractivity contribution in [2.24, 2.45) is 46.3 Å². The standard InChI is InChI=1S/C55H81FO5/c1-7-8-9-10-11-12-13-14-15-16-17-18-36-59-43-25-22-41(23-26-43)52(57)60-44-27-29-47(51(56)38-44)53(58)61-45-32-34-54(5)42(37-45)24-28-46-49-31-30-48(40(4)21-19-20-39(2)3)55(49,6)35-33-50(46)54/h22-27,29,38-40,45-46,48-50H,7-21,28,30-37H2,1-6H3/t40-,45+,46+,48-,49+,50+,54+,55-/m1/s1. The van der Waals surface area contributed by atoms with Gasteiger partial charge < -0.3 is 14.2 Å². The van der Waals surface area contributed by atoms with E-state index in [1.165, 1.54) is 127 Å². The van der Waals surface area contributed by atoms with Crippen LogP contribution in [0, 0.1) is 52.2 Å². The number of carbonyl (C=O) groups is 2. The summed E-state index contributed by atoms with van der Waals surface area (Å²) in [6.07, 6.45) is 31.0. The van der Waals surface area contributed by atoms with Crippen molar-refractivity contribution in [3.05, 3.63) is 71.1 Å². The molecule has 0 aromatic heterocycles. The van der Waals surface area contributed by atoms with Gasteiger partial charge in [0, 0.05) is 12.5 Å². The predicted molar refractivity (Wildman–Crippen MR) is 247 cm³/mol. The molecule has 5 nitrogen and oxygen atoms in total. The van der Waals surface area contributed by atoms with Gasteiger partial charge in [0.25, 0.3) is 0 Å². The van der Waals surface area contributed by atoms with Crippen LogP contribution < -0.4 is 9.47 Å². The number of hydrogen-bond acceptors (Lipinski definition) is 5. The molecule has 0 spiro atoms. The van der Waals surface area contributed by atoms with Gasteiger partial charge in [0.15, 0.2) is 0 Å². The Bertz CT molecular complexity index is 1730. The summed E-state index contributed by atoms with van der Waals surface area (Å²) in [4.78, 5) is 26.3. The number of allylic oxidation sites excluding steroid dienone is 1. The van der Waals surface area contributed by atoms with Gasteiger partial charge in [-0.3, -0.25) is 0 Å². The van der Waals surface area contributed by atoms with E-state index in [4.69, 9.17) is 14.2 Å². The minimum absolute atomic E-state index is 0.0412. The number of hydrogen-bond donors (Lipinski definition) is 0. The summed E-state index contributed by atoms with van der Waals surface area (Å²) in [5, 5.41) is 0. The van der Waals surface area contributed by atoms with Crippen molar-refractivity contribution in [3.63, 3.8) is 0 Å². The van der Waals surface area contributed by atoms with Gasteiger partial charge in [0.05, 0.1) is 17.7 Å². The minimum Gasteiger partial charge on any atom is -0.494 e. The highest BCUT2D eigenvalue weighted by molar-refractivity contribution is 5.92. The average molecular weight is 841 g/mol. The second-order valence-corrected chi connectivity index (χ2v) is 20.9. The van der Waals surface area contributed by atoms with Crippen molar-refractivity contribution in [2.75, 3.05) is 6.61 Å². The number of esters is 2. The molecule has 0 radical (unpaired) electrons. The van der Waals surface area contributed by atoms with Gasteiger partial charge in [-0.2, -0.15) is 0 Å². The van der Waals surface area contributed by atoms with Crippen LogP contribution in [0.25, 0.3) is 0 Å². The SMILES string of the molecule is CCCCCCCCCCCCCCOc1ccc(C(=O)Oc2ccc(C(=O)O[C@H]3CC[C@@]4(C)C(=CC[C@H]5[C@@H]6CC[C@H]([C@H](C)CCCC(C)C)[C@@]6(C)CC[C@@H]54)C3)c(F)c2)cc1. The first-order chi connectivity index (χ1) is 29.4. The molecule has 0 aliphatic heterocycles. The van der Waals surface area contributed by atoms with Crippen molar-refractivity contribution in [1.82, 2.24) is 0 Å². The summed E-state index contributed by atoms with van der Waals surface area (Å²) in [6.45, 7) is 15.3. The molecule has 6 heteroatoms. The van der Waals surface area contributed by atoms with Crippen molar-refractivity contribution in [2.45, 2.75) is 195 Å². The fourth-order valence-electron chi connectivity index (χ4n) is 12.7. The predicted octanol–water partition coefficient (Wildman–Crippen LogP) is 15.7. The lowest BCUT2D eigenvalue weighted by molar-refractivity contribution is -0.0595. The lowest BCUT2D eigenvalue weighted by Gasteiger charge is -2.58. The highest BCUT2D eigenvalue weighted by atomic mass is 19.1. The van der Waals surface area contributed by atoms with Crippen molar-refractivity contribution < 1.29 is 28.2 Å². The van der Waals surface area contributed by atoms with Crippen LogP contribution in [-0.4, -0.2) is 24.6 Å². The highest BCUT2D eigenvalue weighted by Crippen LogP contribution is 2.67. The number of carbonyl (C=O) groups excluding carboxylic acids is 2. The zero-order valence-electron chi connectivity index (χ0n) is 39.1. The minimum atomic E-state index is -0.758. The second-order valence-electron chi connectivity index (χ2n) is 20.9. The Balaban J connectivity index is 0.919. The molecule has 2 aromatic carbocycles. The summed E-state index contributed by atoms with van der Waals surface area (Å²) in [6, 6.07) is 10.8. The van der Waals surface area contributed by atoms with Gasteiger partial charge in [0.1, 0.15) is 23.4 Å². The first-order valence-electron chi connectivity index (χ1n) is 25.1. The van der Waals surface area contributed by atoms with E-state index in [1.54, 1.807) is 24.3 Å². The van der Waals surface area contributed by atoms with E-state index in [0.717, 1.165) is 74.2 Å². The molecular weight excluding hydrogens is 760 g/mol. The molecule has 3 fully saturated rings. The summed E-state index contributed by atoms with van der Waals surface area (Å²) in [5.74, 6) is 3.40. The maximum absolute atomic E-state index is 15.4. The van der Waals surface area contributed by atoms with Crippen LogP contribution in [0.5, 0.6) is 11.5 Å². The Morgan fingerprint density at radius 2 is 1.41 bits per heavy atom. The lowest BCUT2D eigenvalue weighted by Crippen LogP contribution is -2.51. The number of halogens is 1. The van der Waals surface area contributed by atoms with Gasteiger partial charge in [-0.15, -0.1) is 0 Å². The van der Waals surface area contributed by atoms with Gasteiger partial charge in [-0.25, -0.2) is 14.0 Å². The molecular formula is C55H81FO5. The molecule has 0 amide bonds. The molecule has 0 heterocycles. The van der Waals surface area contributed by atoms with E-state index in [-0.39, 0.29) is 22.8 Å². The van der Waals surface area contributed by atoms with Crippen LogP contribution >= 0.6 is 0 Å². The van der Waals surface area contributed by atoms with Gasteiger partial charge in [0.2, 0.25) is 0 Å². The lowest BCUT2D eigenvalue weighted by atomic mass is 9.47. The van der Waals surface area contributed by atoms with E-state index in [0.29, 0.717) is 29.3 Å².